The van der Waals surface area contributed by atoms with E-state index in [0.717, 1.165) is 28.7 Å². The molecule has 0 amide bonds. The van der Waals surface area contributed by atoms with Crippen LogP contribution in [0, 0.1) is 11.7 Å². The largest absolute Gasteiger partial charge is 0.497 e. The van der Waals surface area contributed by atoms with Gasteiger partial charge in [-0.3, -0.25) is 4.79 Å². The number of hydrogen-bond acceptors (Lipinski definition) is 3. The van der Waals surface area contributed by atoms with Gasteiger partial charge in [0.1, 0.15) is 23.9 Å². The maximum atomic E-state index is 14.9. The van der Waals surface area contributed by atoms with Gasteiger partial charge in [-0.25, -0.2) is 4.39 Å². The third-order valence-electron chi connectivity index (χ3n) is 6.29. The van der Waals surface area contributed by atoms with Crippen molar-refractivity contribution in [3.8, 4) is 22.6 Å². The lowest BCUT2D eigenvalue weighted by atomic mass is 9.81. The summed E-state index contributed by atoms with van der Waals surface area (Å²) < 4.78 is 26.3. The molecular weight excluding hydrogens is 455 g/mol. The van der Waals surface area contributed by atoms with Gasteiger partial charge in [-0.05, 0) is 82.3 Å². The molecule has 0 saturated heterocycles. The van der Waals surface area contributed by atoms with E-state index in [4.69, 9.17) is 9.47 Å². The van der Waals surface area contributed by atoms with Crippen molar-refractivity contribution in [2.24, 2.45) is 5.92 Å². The standard InChI is InChI=1S/C31H37FO4/c1-20(2)15-23(17-30(33)34)22-8-10-24(11-9-22)36-19-21-7-13-28(31(3,4)5)26(16-21)27-18-25(35-6)12-14-29(27)32/h7-14,16,18,20,23H,15,17,19H2,1-6H3,(H,33,34)/t23-/m0/s1. The van der Waals surface area contributed by atoms with Gasteiger partial charge >= 0.3 is 5.97 Å². The highest BCUT2D eigenvalue weighted by atomic mass is 19.1. The molecule has 0 fully saturated rings. The van der Waals surface area contributed by atoms with Crippen LogP contribution < -0.4 is 9.47 Å². The summed E-state index contributed by atoms with van der Waals surface area (Å²) in [6, 6.07) is 18.5. The minimum absolute atomic E-state index is 0.0261. The van der Waals surface area contributed by atoms with Crippen molar-refractivity contribution in [3.63, 3.8) is 0 Å². The maximum Gasteiger partial charge on any atom is 0.303 e. The van der Waals surface area contributed by atoms with Gasteiger partial charge in [0.05, 0.1) is 13.5 Å². The summed E-state index contributed by atoms with van der Waals surface area (Å²) in [6.07, 6.45) is 0.929. The Balaban J connectivity index is 1.84. The molecule has 0 saturated carbocycles. The molecule has 0 unspecified atom stereocenters. The van der Waals surface area contributed by atoms with E-state index in [0.29, 0.717) is 29.6 Å². The lowest BCUT2D eigenvalue weighted by molar-refractivity contribution is -0.137. The number of rotatable bonds is 10. The van der Waals surface area contributed by atoms with E-state index >= 15 is 0 Å². The van der Waals surface area contributed by atoms with Crippen molar-refractivity contribution >= 4 is 5.97 Å². The molecule has 0 bridgehead atoms. The highest BCUT2D eigenvalue weighted by Crippen LogP contribution is 2.37. The summed E-state index contributed by atoms with van der Waals surface area (Å²) in [5.74, 6) is 0.597. The van der Waals surface area contributed by atoms with E-state index in [-0.39, 0.29) is 23.6 Å². The lowest BCUT2D eigenvalue weighted by Crippen LogP contribution is -2.13. The van der Waals surface area contributed by atoms with Gasteiger partial charge in [0, 0.05) is 5.56 Å². The molecule has 4 nitrogen and oxygen atoms in total. The zero-order valence-electron chi connectivity index (χ0n) is 22.1. The zero-order valence-corrected chi connectivity index (χ0v) is 22.1. The van der Waals surface area contributed by atoms with Crippen molar-refractivity contribution in [1.82, 2.24) is 0 Å². The fourth-order valence-corrected chi connectivity index (χ4v) is 4.52. The molecule has 0 heterocycles. The number of carboxylic acids is 1. The summed E-state index contributed by atoms with van der Waals surface area (Å²) >= 11 is 0. The first kappa shape index (κ1) is 27.3. The Labute approximate surface area is 214 Å². The van der Waals surface area contributed by atoms with Crippen LogP contribution in [-0.4, -0.2) is 18.2 Å². The number of aliphatic carboxylic acids is 1. The first-order valence-electron chi connectivity index (χ1n) is 12.4. The molecule has 1 atom stereocenters. The summed E-state index contributed by atoms with van der Waals surface area (Å²) in [5.41, 5.74) is 4.11. The van der Waals surface area contributed by atoms with Gasteiger partial charge in [-0.1, -0.05) is 58.9 Å². The fourth-order valence-electron chi connectivity index (χ4n) is 4.52. The molecule has 0 aliphatic heterocycles. The molecule has 3 aromatic carbocycles. The molecule has 5 heteroatoms. The Morgan fingerprint density at radius 3 is 2.19 bits per heavy atom. The Kier molecular flexibility index (Phi) is 8.78. The number of halogens is 1. The van der Waals surface area contributed by atoms with Crippen molar-refractivity contribution in [2.75, 3.05) is 7.11 Å². The predicted octanol–water partition coefficient (Wildman–Crippen LogP) is 7.98. The quantitative estimate of drug-likeness (QED) is 0.312. The maximum absolute atomic E-state index is 14.9. The van der Waals surface area contributed by atoms with Crippen LogP contribution >= 0.6 is 0 Å². The van der Waals surface area contributed by atoms with Crippen LogP contribution in [0.25, 0.3) is 11.1 Å². The van der Waals surface area contributed by atoms with Crippen LogP contribution in [-0.2, 0) is 16.8 Å². The third kappa shape index (κ3) is 7.09. The number of carbonyl (C=O) groups is 1. The molecule has 36 heavy (non-hydrogen) atoms. The lowest BCUT2D eigenvalue weighted by Gasteiger charge is -2.24. The number of ether oxygens (including phenoxy) is 2. The van der Waals surface area contributed by atoms with Gasteiger partial charge in [0.25, 0.3) is 0 Å². The van der Waals surface area contributed by atoms with Crippen molar-refractivity contribution in [2.45, 2.75) is 65.4 Å². The minimum atomic E-state index is -0.789. The van der Waals surface area contributed by atoms with E-state index in [1.54, 1.807) is 19.2 Å². The number of hydrogen-bond donors (Lipinski definition) is 1. The van der Waals surface area contributed by atoms with E-state index in [1.165, 1.54) is 6.07 Å². The Hall–Kier alpha value is -3.34. The molecule has 3 aromatic rings. The Bertz CT molecular complexity index is 1180. The second-order valence-electron chi connectivity index (χ2n) is 10.8. The second-order valence-corrected chi connectivity index (χ2v) is 10.8. The fraction of sp³-hybridized carbons (Fsp3) is 0.387. The topological polar surface area (TPSA) is 55.8 Å². The summed E-state index contributed by atoms with van der Waals surface area (Å²) in [6.45, 7) is 10.9. The van der Waals surface area contributed by atoms with Crippen molar-refractivity contribution in [1.29, 1.82) is 0 Å². The molecule has 0 radical (unpaired) electrons. The molecule has 0 aromatic heterocycles. The molecular formula is C31H37FO4. The highest BCUT2D eigenvalue weighted by Gasteiger charge is 2.22. The number of benzene rings is 3. The summed E-state index contributed by atoms with van der Waals surface area (Å²) in [7, 11) is 1.57. The average Bonchev–Trinajstić information content (AvgIpc) is 2.81. The molecule has 0 aliphatic carbocycles. The van der Waals surface area contributed by atoms with Gasteiger partial charge in [0.15, 0.2) is 0 Å². The zero-order chi connectivity index (χ0) is 26.5. The summed E-state index contributed by atoms with van der Waals surface area (Å²) in [5, 5.41) is 9.29. The Morgan fingerprint density at radius 2 is 1.61 bits per heavy atom. The van der Waals surface area contributed by atoms with Crippen LogP contribution in [0.4, 0.5) is 4.39 Å². The van der Waals surface area contributed by atoms with Gasteiger partial charge in [-0.15, -0.1) is 0 Å². The SMILES string of the molecule is COc1ccc(F)c(-c2cc(COc3ccc([C@H](CC(=O)O)CC(C)C)cc3)ccc2C(C)(C)C)c1. The normalized spacial score (nSPS) is 12.4. The van der Waals surface area contributed by atoms with E-state index in [2.05, 4.69) is 34.6 Å². The molecule has 0 aliphatic rings. The van der Waals surface area contributed by atoms with Gasteiger partial charge < -0.3 is 14.6 Å². The van der Waals surface area contributed by atoms with Crippen LogP contribution in [0.3, 0.4) is 0 Å². The van der Waals surface area contributed by atoms with E-state index in [1.807, 2.05) is 42.5 Å². The van der Waals surface area contributed by atoms with Gasteiger partial charge in [0.2, 0.25) is 0 Å². The van der Waals surface area contributed by atoms with Crippen molar-refractivity contribution < 1.29 is 23.8 Å². The van der Waals surface area contributed by atoms with Crippen LogP contribution in [0.2, 0.25) is 0 Å². The van der Waals surface area contributed by atoms with Crippen LogP contribution in [0.1, 0.15) is 70.1 Å². The molecule has 0 spiro atoms. The second kappa shape index (κ2) is 11.6. The average molecular weight is 493 g/mol. The summed E-state index contributed by atoms with van der Waals surface area (Å²) in [4.78, 5) is 11.3. The third-order valence-corrected chi connectivity index (χ3v) is 6.29. The highest BCUT2D eigenvalue weighted by molar-refractivity contribution is 5.71. The Morgan fingerprint density at radius 1 is 0.944 bits per heavy atom. The van der Waals surface area contributed by atoms with Gasteiger partial charge in [-0.2, -0.15) is 0 Å². The van der Waals surface area contributed by atoms with E-state index < -0.39 is 5.97 Å². The van der Waals surface area contributed by atoms with Crippen LogP contribution in [0.15, 0.2) is 60.7 Å². The van der Waals surface area contributed by atoms with Crippen LogP contribution in [0.5, 0.6) is 11.5 Å². The monoisotopic (exact) mass is 492 g/mol. The van der Waals surface area contributed by atoms with E-state index in [9.17, 15) is 14.3 Å². The first-order chi connectivity index (χ1) is 17.0. The number of carboxylic acid groups (broad SMARTS) is 1. The number of methoxy groups -OCH3 is 1. The molecule has 1 N–H and O–H groups in total. The predicted molar refractivity (Wildman–Crippen MR) is 142 cm³/mol. The molecule has 192 valence electrons. The smallest absolute Gasteiger partial charge is 0.303 e. The minimum Gasteiger partial charge on any atom is -0.497 e. The first-order valence-corrected chi connectivity index (χ1v) is 12.4. The molecule has 3 rings (SSSR count). The van der Waals surface area contributed by atoms with Crippen molar-refractivity contribution in [3.05, 3.63) is 83.2 Å².